The molecule has 5 heteroatoms. The number of nitrogens with zero attached hydrogens (tertiary/aromatic N) is 2. The SMILES string of the molecule is COc1cc(-c2nc3c(o2)=C(F)C=CCC=3)ccc1-c1ccccn1. The van der Waals surface area contributed by atoms with Crippen LogP contribution in [0.15, 0.2) is 59.2 Å². The number of methoxy groups -OCH3 is 1. The molecule has 4 rings (SSSR count). The van der Waals surface area contributed by atoms with Crippen LogP contribution in [0.3, 0.4) is 0 Å². The van der Waals surface area contributed by atoms with Gasteiger partial charge in [0, 0.05) is 17.3 Å². The molecule has 2 aromatic heterocycles. The maximum absolute atomic E-state index is 14.0. The first kappa shape index (κ1) is 15.3. The number of aromatic nitrogens is 2. The van der Waals surface area contributed by atoms with Crippen LogP contribution in [0.4, 0.5) is 4.39 Å². The molecule has 0 atom stereocenters. The number of fused-ring (bicyclic) bond motifs is 1. The summed E-state index contributed by atoms with van der Waals surface area (Å²) in [5, 5.41) is 0.519. The molecule has 3 aromatic rings. The maximum Gasteiger partial charge on any atom is 0.227 e. The second kappa shape index (κ2) is 6.36. The van der Waals surface area contributed by atoms with Crippen LogP contribution in [0.25, 0.3) is 34.6 Å². The molecule has 0 amide bonds. The second-order valence-electron chi connectivity index (χ2n) is 5.55. The fraction of sp³-hybridized carbons (Fsp3) is 0.100. The summed E-state index contributed by atoms with van der Waals surface area (Å²) in [5.41, 5.74) is 2.56. The first-order chi connectivity index (χ1) is 12.3. The minimum Gasteiger partial charge on any atom is -0.496 e. The van der Waals surface area contributed by atoms with E-state index in [1.54, 1.807) is 19.4 Å². The van der Waals surface area contributed by atoms with Gasteiger partial charge in [-0.05, 0) is 42.8 Å². The lowest BCUT2D eigenvalue weighted by Crippen LogP contribution is -2.22. The molecule has 0 spiro atoms. The molecule has 0 saturated heterocycles. The van der Waals surface area contributed by atoms with E-state index < -0.39 is 5.83 Å². The van der Waals surface area contributed by atoms with E-state index in [0.717, 1.165) is 16.8 Å². The van der Waals surface area contributed by atoms with E-state index in [4.69, 9.17) is 9.15 Å². The molecule has 2 heterocycles. The van der Waals surface area contributed by atoms with E-state index in [1.165, 1.54) is 6.08 Å². The third-order valence-corrected chi connectivity index (χ3v) is 3.97. The maximum atomic E-state index is 14.0. The number of rotatable bonds is 3. The van der Waals surface area contributed by atoms with Crippen LogP contribution in [0.5, 0.6) is 5.75 Å². The Hall–Kier alpha value is -3.21. The molecule has 124 valence electrons. The number of allylic oxidation sites excluding steroid dienone is 2. The molecule has 0 saturated carbocycles. The Balaban J connectivity index is 1.83. The standard InChI is InChI=1S/C20H15FN2O2/c1-24-18-12-13(9-10-14(18)16-7-4-5-11-22-16)20-23-17-8-3-2-6-15(21)19(17)25-20/h2,4-12H,3H2,1H3. The third-order valence-electron chi connectivity index (χ3n) is 3.97. The van der Waals surface area contributed by atoms with Gasteiger partial charge in [-0.2, -0.15) is 0 Å². The van der Waals surface area contributed by atoms with Gasteiger partial charge in [0.05, 0.1) is 12.8 Å². The number of halogens is 1. The molecule has 0 fully saturated rings. The molecular formula is C20H15FN2O2. The number of ether oxygens (including phenoxy) is 1. The zero-order chi connectivity index (χ0) is 17.2. The summed E-state index contributed by atoms with van der Waals surface area (Å²) < 4.78 is 25.2. The first-order valence-electron chi connectivity index (χ1n) is 7.89. The Morgan fingerprint density at radius 1 is 1.20 bits per heavy atom. The van der Waals surface area contributed by atoms with Crippen molar-refractivity contribution in [1.29, 1.82) is 0 Å². The van der Waals surface area contributed by atoms with Crippen molar-refractivity contribution < 1.29 is 13.5 Å². The van der Waals surface area contributed by atoms with Crippen molar-refractivity contribution in [1.82, 2.24) is 9.97 Å². The molecule has 25 heavy (non-hydrogen) atoms. The summed E-state index contributed by atoms with van der Waals surface area (Å²) in [5.74, 6) is 0.593. The van der Waals surface area contributed by atoms with Crippen LogP contribution in [-0.4, -0.2) is 17.1 Å². The van der Waals surface area contributed by atoms with Crippen LogP contribution in [0.1, 0.15) is 6.42 Å². The highest BCUT2D eigenvalue weighted by Gasteiger charge is 2.13. The molecule has 0 aliphatic heterocycles. The second-order valence-corrected chi connectivity index (χ2v) is 5.55. The predicted octanol–water partition coefficient (Wildman–Crippen LogP) is 3.23. The van der Waals surface area contributed by atoms with Gasteiger partial charge in [-0.1, -0.05) is 18.2 Å². The lowest BCUT2D eigenvalue weighted by molar-refractivity contribution is 0.416. The Kier molecular flexibility index (Phi) is 3.90. The van der Waals surface area contributed by atoms with Gasteiger partial charge < -0.3 is 9.15 Å². The molecule has 0 N–H and O–H groups in total. The largest absolute Gasteiger partial charge is 0.496 e. The van der Waals surface area contributed by atoms with Gasteiger partial charge in [0.2, 0.25) is 5.89 Å². The van der Waals surface area contributed by atoms with Gasteiger partial charge >= 0.3 is 0 Å². The molecule has 0 radical (unpaired) electrons. The number of hydrogen-bond acceptors (Lipinski definition) is 4. The molecule has 4 nitrogen and oxygen atoms in total. The normalized spacial score (nSPS) is 13.1. The Labute approximate surface area is 143 Å². The Morgan fingerprint density at radius 3 is 2.92 bits per heavy atom. The van der Waals surface area contributed by atoms with Crippen LogP contribution in [0, 0.1) is 0 Å². The van der Waals surface area contributed by atoms with Gasteiger partial charge in [0.15, 0.2) is 11.2 Å². The first-order valence-corrected chi connectivity index (χ1v) is 7.89. The van der Waals surface area contributed by atoms with Crippen molar-refractivity contribution in [3.8, 4) is 28.5 Å². The minimum atomic E-state index is -0.417. The average Bonchev–Trinajstić information content (AvgIpc) is 3.02. The number of benzene rings is 1. The summed E-state index contributed by atoms with van der Waals surface area (Å²) in [4.78, 5) is 8.76. The van der Waals surface area contributed by atoms with Crippen LogP contribution < -0.4 is 15.5 Å². The molecule has 0 unspecified atom stereocenters. The van der Waals surface area contributed by atoms with E-state index in [2.05, 4.69) is 9.97 Å². The lowest BCUT2D eigenvalue weighted by atomic mass is 10.1. The zero-order valence-corrected chi connectivity index (χ0v) is 13.6. The molecule has 1 aliphatic rings. The highest BCUT2D eigenvalue weighted by Crippen LogP contribution is 2.32. The highest BCUT2D eigenvalue weighted by atomic mass is 19.1. The zero-order valence-electron chi connectivity index (χ0n) is 13.6. The number of oxazole rings is 1. The van der Waals surface area contributed by atoms with Crippen LogP contribution >= 0.6 is 0 Å². The quantitative estimate of drug-likeness (QED) is 0.738. The van der Waals surface area contributed by atoms with E-state index in [9.17, 15) is 4.39 Å². The molecule has 0 bridgehead atoms. The molecule has 1 aliphatic carbocycles. The van der Waals surface area contributed by atoms with Crippen molar-refractivity contribution in [2.75, 3.05) is 7.11 Å². The fourth-order valence-electron chi connectivity index (χ4n) is 2.75. The monoisotopic (exact) mass is 334 g/mol. The van der Waals surface area contributed by atoms with E-state index in [-0.39, 0.29) is 5.42 Å². The summed E-state index contributed by atoms with van der Waals surface area (Å²) >= 11 is 0. The Bertz CT molecular complexity index is 1070. The minimum absolute atomic E-state index is 0.163. The summed E-state index contributed by atoms with van der Waals surface area (Å²) in [7, 11) is 1.60. The van der Waals surface area contributed by atoms with Crippen LogP contribution in [-0.2, 0) is 0 Å². The van der Waals surface area contributed by atoms with E-state index in [1.807, 2.05) is 42.5 Å². The average molecular weight is 334 g/mol. The van der Waals surface area contributed by atoms with Crippen molar-refractivity contribution >= 4 is 11.9 Å². The summed E-state index contributed by atoms with van der Waals surface area (Å²) in [6.07, 6.45) is 7.33. The molecule has 1 aromatic carbocycles. The summed E-state index contributed by atoms with van der Waals surface area (Å²) in [6.45, 7) is 0. The van der Waals surface area contributed by atoms with Crippen LogP contribution in [0.2, 0.25) is 0 Å². The van der Waals surface area contributed by atoms with E-state index >= 15 is 0 Å². The van der Waals surface area contributed by atoms with Gasteiger partial charge in [-0.3, -0.25) is 4.98 Å². The highest BCUT2D eigenvalue weighted by molar-refractivity contribution is 5.72. The van der Waals surface area contributed by atoms with E-state index in [0.29, 0.717) is 23.4 Å². The fourth-order valence-corrected chi connectivity index (χ4v) is 2.75. The topological polar surface area (TPSA) is 48.2 Å². The van der Waals surface area contributed by atoms with Crippen molar-refractivity contribution in [2.45, 2.75) is 6.42 Å². The Morgan fingerprint density at radius 2 is 2.12 bits per heavy atom. The van der Waals surface area contributed by atoms with Gasteiger partial charge in [-0.15, -0.1) is 0 Å². The summed E-state index contributed by atoms with van der Waals surface area (Å²) in [6, 6.07) is 11.3. The number of pyridine rings is 1. The third kappa shape index (κ3) is 2.85. The van der Waals surface area contributed by atoms with Gasteiger partial charge in [0.1, 0.15) is 11.1 Å². The lowest BCUT2D eigenvalue weighted by Gasteiger charge is -2.09. The smallest absolute Gasteiger partial charge is 0.227 e. The van der Waals surface area contributed by atoms with Gasteiger partial charge in [0.25, 0.3) is 0 Å². The predicted molar refractivity (Wildman–Crippen MR) is 93.7 cm³/mol. The van der Waals surface area contributed by atoms with Crippen molar-refractivity contribution in [3.63, 3.8) is 0 Å². The molecular weight excluding hydrogens is 319 g/mol. The van der Waals surface area contributed by atoms with Crippen molar-refractivity contribution in [3.05, 3.63) is 65.5 Å². The van der Waals surface area contributed by atoms with Crippen molar-refractivity contribution in [2.24, 2.45) is 0 Å². The van der Waals surface area contributed by atoms with Gasteiger partial charge in [-0.25, -0.2) is 9.37 Å². The number of hydrogen-bond donors (Lipinski definition) is 0.